The summed E-state index contributed by atoms with van der Waals surface area (Å²) in [5.74, 6) is 1.92. The number of carbonyl (C=O) groups is 1. The van der Waals surface area contributed by atoms with Gasteiger partial charge in [-0.15, -0.1) is 22.0 Å². The summed E-state index contributed by atoms with van der Waals surface area (Å²) in [4.78, 5) is 11.2. The van der Waals surface area contributed by atoms with Crippen LogP contribution in [0, 0.1) is 0 Å². The summed E-state index contributed by atoms with van der Waals surface area (Å²) < 4.78 is 1.85. The second kappa shape index (κ2) is 9.50. The number of primary amides is 1. The Balaban J connectivity index is 1.85. The molecule has 0 unspecified atom stereocenters. The van der Waals surface area contributed by atoms with E-state index in [0.29, 0.717) is 26.6 Å². The largest absolute Gasteiger partial charge is 0.369 e. The van der Waals surface area contributed by atoms with E-state index in [1.54, 1.807) is 23.9 Å². The molecule has 5 nitrogen and oxygen atoms in total. The Morgan fingerprint density at radius 3 is 2.56 bits per heavy atom. The maximum Gasteiger partial charge on any atom is 0.227 e. The van der Waals surface area contributed by atoms with Crippen LogP contribution in [0.1, 0.15) is 11.4 Å². The maximum atomic E-state index is 11.2. The van der Waals surface area contributed by atoms with Crippen molar-refractivity contribution in [2.45, 2.75) is 16.7 Å². The number of halogens is 2. The van der Waals surface area contributed by atoms with E-state index in [1.807, 2.05) is 28.8 Å². The molecule has 0 aliphatic rings. The van der Waals surface area contributed by atoms with Crippen LogP contribution in [-0.2, 0) is 16.3 Å². The molecule has 0 aliphatic carbocycles. The molecule has 140 valence electrons. The fraction of sp³-hybridized carbons (Fsp3) is 0.167. The minimum Gasteiger partial charge on any atom is -0.369 e. The molecule has 27 heavy (non-hydrogen) atoms. The fourth-order valence-corrected chi connectivity index (χ4v) is 4.46. The highest BCUT2D eigenvalue weighted by molar-refractivity contribution is 7.99. The van der Waals surface area contributed by atoms with Gasteiger partial charge in [0, 0.05) is 10.8 Å². The first-order valence-electron chi connectivity index (χ1n) is 7.97. The van der Waals surface area contributed by atoms with Gasteiger partial charge in [0.25, 0.3) is 0 Å². The molecular weight excluding hydrogens is 423 g/mol. The van der Waals surface area contributed by atoms with Crippen LogP contribution in [0.3, 0.4) is 0 Å². The first kappa shape index (κ1) is 20.1. The van der Waals surface area contributed by atoms with Gasteiger partial charge >= 0.3 is 0 Å². The van der Waals surface area contributed by atoms with Crippen molar-refractivity contribution in [3.63, 3.8) is 0 Å². The Hall–Kier alpha value is -1.67. The van der Waals surface area contributed by atoms with Crippen LogP contribution in [0.25, 0.3) is 5.69 Å². The number of hydrogen-bond donors (Lipinski definition) is 1. The standard InChI is InChI=1S/C18H16Cl2N4OS2/c19-13-6-7-15(14(20)8-13)24-17(22-23-18(24)27-10-16(21)25)11-26-9-12-4-2-1-3-5-12/h1-8H,9-11H2,(H2,21,25). The number of nitrogens with zero attached hydrogens (tertiary/aromatic N) is 3. The highest BCUT2D eigenvalue weighted by atomic mass is 35.5. The molecule has 0 saturated heterocycles. The maximum absolute atomic E-state index is 11.2. The van der Waals surface area contributed by atoms with Crippen molar-refractivity contribution in [2.24, 2.45) is 5.73 Å². The number of aromatic nitrogens is 3. The molecule has 2 aromatic carbocycles. The molecule has 0 spiro atoms. The molecule has 2 N–H and O–H groups in total. The van der Waals surface area contributed by atoms with Gasteiger partial charge in [0.1, 0.15) is 5.82 Å². The number of nitrogens with two attached hydrogens (primary N) is 1. The Morgan fingerprint density at radius 2 is 1.85 bits per heavy atom. The quantitative estimate of drug-likeness (QED) is 0.520. The van der Waals surface area contributed by atoms with Crippen molar-refractivity contribution >= 4 is 52.6 Å². The van der Waals surface area contributed by atoms with Gasteiger partial charge in [-0.2, -0.15) is 0 Å². The Morgan fingerprint density at radius 1 is 1.07 bits per heavy atom. The second-order valence-corrected chi connectivity index (χ2v) is 8.34. The number of amides is 1. The highest BCUT2D eigenvalue weighted by Crippen LogP contribution is 2.30. The number of rotatable bonds is 8. The van der Waals surface area contributed by atoms with Crippen molar-refractivity contribution in [3.05, 3.63) is 70.0 Å². The smallest absolute Gasteiger partial charge is 0.227 e. The second-order valence-electron chi connectivity index (χ2n) is 5.56. The predicted octanol–water partition coefficient (Wildman–Crippen LogP) is 4.58. The van der Waals surface area contributed by atoms with Gasteiger partial charge in [0.2, 0.25) is 5.91 Å². The first-order valence-corrected chi connectivity index (χ1v) is 10.9. The SMILES string of the molecule is NC(=O)CSc1nnc(CSCc2ccccc2)n1-c1ccc(Cl)cc1Cl. The number of hydrogen-bond acceptors (Lipinski definition) is 5. The van der Waals surface area contributed by atoms with Crippen LogP contribution < -0.4 is 5.73 Å². The van der Waals surface area contributed by atoms with E-state index in [0.717, 1.165) is 11.6 Å². The van der Waals surface area contributed by atoms with Gasteiger partial charge in [0.15, 0.2) is 5.16 Å². The molecule has 1 amide bonds. The van der Waals surface area contributed by atoms with E-state index < -0.39 is 5.91 Å². The summed E-state index contributed by atoms with van der Waals surface area (Å²) in [6.45, 7) is 0. The van der Waals surface area contributed by atoms with Crippen LogP contribution >= 0.6 is 46.7 Å². The zero-order valence-corrected chi connectivity index (χ0v) is 17.3. The zero-order valence-electron chi connectivity index (χ0n) is 14.1. The molecule has 0 radical (unpaired) electrons. The normalized spacial score (nSPS) is 10.9. The lowest BCUT2D eigenvalue weighted by Crippen LogP contribution is -2.14. The fourth-order valence-electron chi connectivity index (χ4n) is 2.36. The summed E-state index contributed by atoms with van der Waals surface area (Å²) in [6.07, 6.45) is 0. The number of benzene rings is 2. The summed E-state index contributed by atoms with van der Waals surface area (Å²) in [7, 11) is 0. The van der Waals surface area contributed by atoms with Crippen LogP contribution in [0.4, 0.5) is 0 Å². The average molecular weight is 439 g/mol. The van der Waals surface area contributed by atoms with E-state index >= 15 is 0 Å². The van der Waals surface area contributed by atoms with Crippen molar-refractivity contribution < 1.29 is 4.79 Å². The number of carbonyl (C=O) groups excluding carboxylic acids is 1. The van der Waals surface area contributed by atoms with Gasteiger partial charge in [-0.05, 0) is 23.8 Å². The highest BCUT2D eigenvalue weighted by Gasteiger charge is 2.17. The van der Waals surface area contributed by atoms with E-state index in [1.165, 1.54) is 17.3 Å². The molecule has 3 aromatic rings. The molecule has 1 heterocycles. The molecule has 9 heteroatoms. The molecule has 3 rings (SSSR count). The molecular formula is C18H16Cl2N4OS2. The summed E-state index contributed by atoms with van der Waals surface area (Å²) >= 11 is 15.4. The van der Waals surface area contributed by atoms with Gasteiger partial charge in [-0.1, -0.05) is 65.3 Å². The first-order chi connectivity index (χ1) is 13.0. The lowest BCUT2D eigenvalue weighted by Gasteiger charge is -2.12. The van der Waals surface area contributed by atoms with Gasteiger partial charge in [-0.25, -0.2) is 0 Å². The van der Waals surface area contributed by atoms with Crippen molar-refractivity contribution in [2.75, 3.05) is 5.75 Å². The van der Waals surface area contributed by atoms with Crippen molar-refractivity contribution in [3.8, 4) is 5.69 Å². The molecule has 0 aliphatic heterocycles. The van der Waals surface area contributed by atoms with Gasteiger partial charge < -0.3 is 5.73 Å². The lowest BCUT2D eigenvalue weighted by atomic mass is 10.2. The molecule has 0 bridgehead atoms. The van der Waals surface area contributed by atoms with Crippen LogP contribution in [0.15, 0.2) is 53.7 Å². The molecule has 0 fully saturated rings. The van der Waals surface area contributed by atoms with E-state index in [-0.39, 0.29) is 5.75 Å². The van der Waals surface area contributed by atoms with Crippen molar-refractivity contribution in [1.82, 2.24) is 14.8 Å². The number of thioether (sulfide) groups is 2. The summed E-state index contributed by atoms with van der Waals surface area (Å²) in [5.41, 5.74) is 7.22. The van der Waals surface area contributed by atoms with Gasteiger partial charge in [-0.3, -0.25) is 9.36 Å². The summed E-state index contributed by atoms with van der Waals surface area (Å²) in [6, 6.07) is 15.4. The van der Waals surface area contributed by atoms with E-state index in [2.05, 4.69) is 22.3 Å². The minimum atomic E-state index is -0.420. The third kappa shape index (κ3) is 5.42. The Bertz CT molecular complexity index is 934. The molecule has 1 aromatic heterocycles. The van der Waals surface area contributed by atoms with E-state index in [9.17, 15) is 4.79 Å². The average Bonchev–Trinajstić information content (AvgIpc) is 3.03. The third-order valence-corrected chi connectivity index (χ3v) is 6.03. The van der Waals surface area contributed by atoms with Crippen LogP contribution in [0.2, 0.25) is 10.0 Å². The van der Waals surface area contributed by atoms with Crippen LogP contribution in [-0.4, -0.2) is 26.4 Å². The Kier molecular flexibility index (Phi) is 7.07. The van der Waals surface area contributed by atoms with Crippen LogP contribution in [0.5, 0.6) is 0 Å². The topological polar surface area (TPSA) is 73.8 Å². The molecule has 0 atom stereocenters. The third-order valence-electron chi connectivity index (χ3n) is 3.54. The molecule has 0 saturated carbocycles. The lowest BCUT2D eigenvalue weighted by molar-refractivity contribution is -0.115. The van der Waals surface area contributed by atoms with E-state index in [4.69, 9.17) is 28.9 Å². The minimum absolute atomic E-state index is 0.112. The zero-order chi connectivity index (χ0) is 19.2. The van der Waals surface area contributed by atoms with Gasteiger partial charge in [0.05, 0.1) is 22.2 Å². The summed E-state index contributed by atoms with van der Waals surface area (Å²) in [5, 5.41) is 10.1. The monoisotopic (exact) mass is 438 g/mol. The van der Waals surface area contributed by atoms with Crippen molar-refractivity contribution in [1.29, 1.82) is 0 Å². The Labute approximate surface area is 175 Å². The predicted molar refractivity (Wildman–Crippen MR) is 113 cm³/mol.